The second-order valence-electron chi connectivity index (χ2n) is 6.58. The van der Waals surface area contributed by atoms with Crippen molar-refractivity contribution in [2.24, 2.45) is 0 Å². The second kappa shape index (κ2) is 10.3. The third-order valence-corrected chi connectivity index (χ3v) is 4.41. The van der Waals surface area contributed by atoms with Crippen LogP contribution >= 0.6 is 0 Å². The highest BCUT2D eigenvalue weighted by atomic mass is 19.1. The molecular formula is C21H22FN3O5. The Morgan fingerprint density at radius 2 is 1.67 bits per heavy atom. The van der Waals surface area contributed by atoms with Crippen LogP contribution in [0.2, 0.25) is 0 Å². The molecule has 0 saturated heterocycles. The molecule has 0 amide bonds. The van der Waals surface area contributed by atoms with E-state index in [-0.39, 0.29) is 11.9 Å². The smallest absolute Gasteiger partial charge is 0.414 e. The number of aliphatic carboxylic acids is 2. The summed E-state index contributed by atoms with van der Waals surface area (Å²) >= 11 is 0. The van der Waals surface area contributed by atoms with E-state index in [2.05, 4.69) is 34.2 Å². The molecule has 1 heterocycles. The molecule has 2 aromatic carbocycles. The Morgan fingerprint density at radius 1 is 1.07 bits per heavy atom. The Hall–Kier alpha value is -3.59. The molecule has 0 aliphatic carbocycles. The Morgan fingerprint density at radius 3 is 2.23 bits per heavy atom. The van der Waals surface area contributed by atoms with Crippen LogP contribution in [0.15, 0.2) is 52.9 Å². The largest absolute Gasteiger partial charge is 0.473 e. The Kier molecular flexibility index (Phi) is 7.76. The molecule has 30 heavy (non-hydrogen) atoms. The number of benzene rings is 2. The molecule has 0 fully saturated rings. The lowest BCUT2D eigenvalue weighted by molar-refractivity contribution is -0.159. The van der Waals surface area contributed by atoms with Crippen LogP contribution in [-0.2, 0) is 16.1 Å². The highest BCUT2D eigenvalue weighted by molar-refractivity contribution is 6.27. The van der Waals surface area contributed by atoms with Gasteiger partial charge >= 0.3 is 11.9 Å². The van der Waals surface area contributed by atoms with Crippen LogP contribution in [-0.4, -0.2) is 44.3 Å². The van der Waals surface area contributed by atoms with E-state index < -0.39 is 11.9 Å². The number of carboxylic acid groups (broad SMARTS) is 2. The van der Waals surface area contributed by atoms with Crippen molar-refractivity contribution in [3.05, 3.63) is 71.4 Å². The van der Waals surface area contributed by atoms with Gasteiger partial charge in [0.25, 0.3) is 0 Å². The van der Waals surface area contributed by atoms with Gasteiger partial charge in [0.15, 0.2) is 0 Å². The van der Waals surface area contributed by atoms with Crippen LogP contribution in [0.4, 0.5) is 4.39 Å². The van der Waals surface area contributed by atoms with Gasteiger partial charge in [0.05, 0.1) is 6.04 Å². The molecule has 1 unspecified atom stereocenters. The first-order valence-corrected chi connectivity index (χ1v) is 8.99. The van der Waals surface area contributed by atoms with Crippen molar-refractivity contribution >= 4 is 11.9 Å². The first-order valence-electron chi connectivity index (χ1n) is 8.99. The first kappa shape index (κ1) is 22.7. The highest BCUT2D eigenvalue weighted by Crippen LogP contribution is 2.24. The fourth-order valence-electron chi connectivity index (χ4n) is 2.49. The van der Waals surface area contributed by atoms with Crippen LogP contribution in [0.5, 0.6) is 0 Å². The normalized spacial score (nSPS) is 11.5. The van der Waals surface area contributed by atoms with E-state index in [4.69, 9.17) is 24.2 Å². The minimum Gasteiger partial charge on any atom is -0.473 e. The Balaban J connectivity index is 0.000000469. The fraction of sp³-hybridized carbons (Fsp3) is 0.238. The molecule has 2 N–H and O–H groups in total. The molecule has 0 aliphatic rings. The van der Waals surface area contributed by atoms with Crippen molar-refractivity contribution in [1.82, 2.24) is 15.1 Å². The maximum atomic E-state index is 13.0. The monoisotopic (exact) mass is 415 g/mol. The van der Waals surface area contributed by atoms with Gasteiger partial charge < -0.3 is 14.6 Å². The minimum atomic E-state index is -1.82. The maximum Gasteiger partial charge on any atom is 0.414 e. The number of hydrogen-bond donors (Lipinski definition) is 2. The van der Waals surface area contributed by atoms with Crippen LogP contribution in [0.3, 0.4) is 0 Å². The quantitative estimate of drug-likeness (QED) is 0.608. The molecule has 0 radical (unpaired) electrons. The molecule has 1 aromatic heterocycles. The summed E-state index contributed by atoms with van der Waals surface area (Å²) in [5.41, 5.74) is 3.24. The average molecular weight is 415 g/mol. The third kappa shape index (κ3) is 6.21. The number of nitrogens with zero attached hydrogens (tertiary/aromatic N) is 3. The Bertz CT molecular complexity index is 992. The van der Waals surface area contributed by atoms with Crippen LogP contribution < -0.4 is 0 Å². The maximum absolute atomic E-state index is 13.0. The lowest BCUT2D eigenvalue weighted by atomic mass is 10.1. The van der Waals surface area contributed by atoms with Crippen molar-refractivity contribution in [3.63, 3.8) is 0 Å². The number of hydrogen-bond acceptors (Lipinski definition) is 6. The van der Waals surface area contributed by atoms with Crippen molar-refractivity contribution in [2.75, 3.05) is 7.05 Å². The summed E-state index contributed by atoms with van der Waals surface area (Å²) in [4.78, 5) is 20.4. The van der Waals surface area contributed by atoms with Gasteiger partial charge in [-0.25, -0.2) is 14.0 Å². The summed E-state index contributed by atoms with van der Waals surface area (Å²) in [6.07, 6.45) is 0. The van der Waals surface area contributed by atoms with Crippen molar-refractivity contribution in [3.8, 4) is 11.5 Å². The average Bonchev–Trinajstić information content (AvgIpc) is 3.20. The minimum absolute atomic E-state index is 0.0219. The number of aromatic nitrogens is 2. The number of carboxylic acids is 2. The number of carbonyl (C=O) groups is 2. The standard InChI is InChI=1S/C19H20FN3O.C2H2O4/c1-13-6-4-5-7-16(13)12-23(3)14(2)18-21-22-19(24-18)15-8-10-17(20)11-9-15;3-1(4)2(5)6/h4-11,14H,12H2,1-3H3;(H,3,4)(H,5,6). The Labute approximate surface area is 172 Å². The van der Waals surface area contributed by atoms with E-state index >= 15 is 0 Å². The van der Waals surface area contributed by atoms with Crippen LogP contribution in [0, 0.1) is 12.7 Å². The zero-order valence-corrected chi connectivity index (χ0v) is 16.7. The predicted molar refractivity (Wildman–Crippen MR) is 106 cm³/mol. The zero-order chi connectivity index (χ0) is 22.3. The van der Waals surface area contributed by atoms with Gasteiger partial charge in [-0.3, -0.25) is 4.90 Å². The lowest BCUT2D eigenvalue weighted by Gasteiger charge is -2.22. The molecular weight excluding hydrogens is 393 g/mol. The molecule has 1 atom stereocenters. The summed E-state index contributed by atoms with van der Waals surface area (Å²) in [6, 6.07) is 14.3. The van der Waals surface area contributed by atoms with Crippen LogP contribution in [0.25, 0.3) is 11.5 Å². The van der Waals surface area contributed by atoms with E-state index in [9.17, 15) is 4.39 Å². The van der Waals surface area contributed by atoms with E-state index in [1.807, 2.05) is 26.1 Å². The van der Waals surface area contributed by atoms with Gasteiger partial charge in [-0.2, -0.15) is 0 Å². The SMILES string of the molecule is Cc1ccccc1CN(C)C(C)c1nnc(-c2ccc(F)cc2)o1.O=C(O)C(=O)O. The van der Waals surface area contributed by atoms with Gasteiger partial charge in [0.1, 0.15) is 5.82 Å². The lowest BCUT2D eigenvalue weighted by Crippen LogP contribution is -2.22. The van der Waals surface area contributed by atoms with Crippen molar-refractivity contribution in [1.29, 1.82) is 0 Å². The van der Waals surface area contributed by atoms with E-state index in [0.717, 1.165) is 6.54 Å². The molecule has 0 aliphatic heterocycles. The van der Waals surface area contributed by atoms with Gasteiger partial charge in [0, 0.05) is 12.1 Å². The van der Waals surface area contributed by atoms with Gasteiger partial charge in [-0.05, 0) is 56.3 Å². The van der Waals surface area contributed by atoms with Gasteiger partial charge in [0.2, 0.25) is 11.8 Å². The van der Waals surface area contributed by atoms with Crippen molar-refractivity contribution < 1.29 is 28.6 Å². The molecule has 3 aromatic rings. The molecule has 3 rings (SSSR count). The molecule has 0 spiro atoms. The third-order valence-electron chi connectivity index (χ3n) is 4.41. The van der Waals surface area contributed by atoms with E-state index in [1.54, 1.807) is 12.1 Å². The molecule has 0 saturated carbocycles. The highest BCUT2D eigenvalue weighted by Gasteiger charge is 2.19. The van der Waals surface area contributed by atoms with Gasteiger partial charge in [-0.15, -0.1) is 10.2 Å². The van der Waals surface area contributed by atoms with Crippen LogP contribution in [0.1, 0.15) is 30.0 Å². The summed E-state index contributed by atoms with van der Waals surface area (Å²) in [5.74, 6) is -2.98. The fourth-order valence-corrected chi connectivity index (χ4v) is 2.49. The molecule has 158 valence electrons. The predicted octanol–water partition coefficient (Wildman–Crippen LogP) is 3.53. The summed E-state index contributed by atoms with van der Waals surface area (Å²) in [7, 11) is 2.03. The topological polar surface area (TPSA) is 117 Å². The van der Waals surface area contributed by atoms with Crippen molar-refractivity contribution in [2.45, 2.75) is 26.4 Å². The summed E-state index contributed by atoms with van der Waals surface area (Å²) in [6.45, 7) is 4.93. The zero-order valence-electron chi connectivity index (χ0n) is 16.7. The van der Waals surface area contributed by atoms with E-state index in [0.29, 0.717) is 17.3 Å². The number of halogens is 1. The number of aryl methyl sites for hydroxylation is 1. The molecule has 8 nitrogen and oxygen atoms in total. The summed E-state index contributed by atoms with van der Waals surface area (Å²) in [5, 5.41) is 23.0. The first-order chi connectivity index (χ1) is 14.2. The molecule has 9 heteroatoms. The van der Waals surface area contributed by atoms with Gasteiger partial charge in [-0.1, -0.05) is 24.3 Å². The molecule has 0 bridgehead atoms. The second-order valence-corrected chi connectivity index (χ2v) is 6.58. The summed E-state index contributed by atoms with van der Waals surface area (Å²) < 4.78 is 18.8. The van der Waals surface area contributed by atoms with E-state index in [1.165, 1.54) is 23.3 Å². The number of rotatable bonds is 5.